The van der Waals surface area contributed by atoms with Crippen molar-refractivity contribution in [2.24, 2.45) is 14.1 Å². The number of amides is 3. The number of pyridine rings is 4. The Morgan fingerprint density at radius 3 is 1.35 bits per heavy atom. The van der Waals surface area contributed by atoms with Gasteiger partial charge in [-0.2, -0.15) is 44.8 Å². The highest BCUT2D eigenvalue weighted by atomic mass is 35.5. The Hall–Kier alpha value is -14.6. The van der Waals surface area contributed by atoms with E-state index in [1.54, 1.807) is 78.5 Å². The van der Waals surface area contributed by atoms with Crippen molar-refractivity contribution in [3.8, 4) is 39.6 Å². The molecule has 0 bridgehead atoms. The van der Waals surface area contributed by atoms with E-state index >= 15 is 8.78 Å². The van der Waals surface area contributed by atoms with Crippen LogP contribution in [0.25, 0.3) is 66.2 Å². The summed E-state index contributed by atoms with van der Waals surface area (Å²) in [5, 5.41) is 22.1. The second kappa shape index (κ2) is 43.4. The summed E-state index contributed by atoms with van der Waals surface area (Å²) < 4.78 is 258. The maximum atomic E-state index is 15.4. The van der Waals surface area contributed by atoms with Crippen molar-refractivity contribution in [2.75, 3.05) is 36.9 Å². The van der Waals surface area contributed by atoms with Crippen LogP contribution < -0.4 is 42.6 Å². The largest absolute Gasteiger partial charge is 0.467 e. The number of methoxy groups -OCH3 is 3. The molecule has 0 radical (unpaired) electrons. The molecule has 14 rings (SSSR count). The Labute approximate surface area is 798 Å². The van der Waals surface area contributed by atoms with Crippen LogP contribution in [0.1, 0.15) is 142 Å². The number of fused-ring (bicyclic) bond motifs is 3. The Morgan fingerprint density at radius 1 is 0.539 bits per heavy atom. The number of nitrogens with zero attached hydrogens (tertiary/aromatic N) is 8. The lowest BCUT2D eigenvalue weighted by Gasteiger charge is -2.37. The molecule has 24 nitrogen and oxygen atoms in total. The molecule has 5 heterocycles. The van der Waals surface area contributed by atoms with Gasteiger partial charge in [0, 0.05) is 136 Å². The van der Waals surface area contributed by atoms with Gasteiger partial charge in [-0.3, -0.25) is 38.9 Å². The SMILES string of the molecule is CC[C@@H](N(c1cc(F)c(C(=O)N[C@@H](Cc2ccc(-c3c(C(F)(F)F)cc(C)n(C)c3=O)c3ncccc23)C(=O)OC)c(F)c1)C1CC1)C(F)(F)F.CCc1nc(-c2ccc(C[C@H](NC(=O)c3c(F)cc(N[C@H](CC)C(F)(F)F)cc3F)C(=O)OC)c3cccnc23)c(=O)n(C)c1CC.COC(=O)[C@H](Cc1ccc(-c2ccc(C#N)cc2Cl)c2ncccc12)NC(=O)c1c(F)cc(N[C@H]2CCC2(F)F)cc1F. The third-order valence-corrected chi connectivity index (χ3v) is 24.5. The smallest absolute Gasteiger partial charge is 0.417 e. The summed E-state index contributed by atoms with van der Waals surface area (Å²) in [6.07, 6.45) is -9.61. The second-order valence-corrected chi connectivity index (χ2v) is 33.5. The molecule has 0 aliphatic heterocycles. The van der Waals surface area contributed by atoms with E-state index in [-0.39, 0.29) is 76.8 Å². The van der Waals surface area contributed by atoms with Gasteiger partial charge < -0.3 is 54.8 Å². The van der Waals surface area contributed by atoms with E-state index in [9.17, 15) is 104 Å². The third-order valence-electron chi connectivity index (χ3n) is 24.2. The number of nitrogens with one attached hydrogen (secondary N) is 5. The molecule has 6 atom stereocenters. The molecule has 42 heteroatoms. The summed E-state index contributed by atoms with van der Waals surface area (Å²) in [5.41, 5.74) is -1.43. The summed E-state index contributed by atoms with van der Waals surface area (Å²) in [5.74, 6) is -18.2. The highest BCUT2D eigenvalue weighted by Gasteiger charge is 2.50. The molecular formula is C99H89ClF17N13O11. The van der Waals surface area contributed by atoms with Crippen LogP contribution in [0.15, 0.2) is 162 Å². The zero-order valence-corrected chi connectivity index (χ0v) is 77.4. The molecule has 0 saturated heterocycles. The minimum atomic E-state index is -4.90. The molecule has 7 aromatic carbocycles. The van der Waals surface area contributed by atoms with Crippen LogP contribution in [0.2, 0.25) is 5.02 Å². The van der Waals surface area contributed by atoms with Crippen LogP contribution in [0.3, 0.4) is 0 Å². The minimum Gasteiger partial charge on any atom is -0.467 e. The maximum Gasteiger partial charge on any atom is 0.417 e. The Morgan fingerprint density at radius 2 is 0.972 bits per heavy atom. The van der Waals surface area contributed by atoms with Crippen LogP contribution in [0, 0.1) is 53.2 Å². The van der Waals surface area contributed by atoms with Crippen LogP contribution in [-0.2, 0) is 81.0 Å². The Bertz CT molecular complexity index is 6960. The molecule has 12 aromatic rings. The molecule has 2 aliphatic carbocycles. The van der Waals surface area contributed by atoms with E-state index in [2.05, 4.69) is 41.2 Å². The van der Waals surface area contributed by atoms with Gasteiger partial charge in [0.15, 0.2) is 0 Å². The summed E-state index contributed by atoms with van der Waals surface area (Å²) in [7, 11) is 6.17. The zero-order chi connectivity index (χ0) is 103. The number of rotatable bonds is 29. The Balaban J connectivity index is 0.000000190. The van der Waals surface area contributed by atoms with Gasteiger partial charge in [-0.25, -0.2) is 54.5 Å². The first-order chi connectivity index (χ1) is 66.6. The number of halogens is 18. The number of nitriles is 1. The maximum absolute atomic E-state index is 15.4. The van der Waals surface area contributed by atoms with Crippen molar-refractivity contribution in [2.45, 2.75) is 172 Å². The number of carbonyl (C=O) groups is 6. The van der Waals surface area contributed by atoms with Gasteiger partial charge in [-0.1, -0.05) is 100.0 Å². The first kappa shape index (κ1) is 105. The number of hydrogen-bond donors (Lipinski definition) is 5. The second-order valence-electron chi connectivity index (χ2n) is 33.1. The molecule has 5 N–H and O–H groups in total. The normalized spacial score (nSPS) is 14.5. The predicted molar refractivity (Wildman–Crippen MR) is 489 cm³/mol. The van der Waals surface area contributed by atoms with E-state index in [0.29, 0.717) is 110 Å². The Kier molecular flexibility index (Phi) is 32.4. The number of esters is 3. The fourth-order valence-corrected chi connectivity index (χ4v) is 17.0. The number of aryl methyl sites for hydroxylation is 2. The van der Waals surface area contributed by atoms with Crippen LogP contribution in [0.5, 0.6) is 0 Å². The van der Waals surface area contributed by atoms with Gasteiger partial charge in [0.1, 0.15) is 87.5 Å². The average molecular weight is 2000 g/mol. The fraction of sp³-hybridized carbons (Fsp3) is 0.323. The number of ether oxygens (including phenoxy) is 3. The number of anilines is 3. The van der Waals surface area contributed by atoms with Crippen molar-refractivity contribution in [3.05, 3.63) is 274 Å². The molecule has 0 unspecified atom stereocenters. The van der Waals surface area contributed by atoms with Crippen molar-refractivity contribution >= 4 is 97.0 Å². The van der Waals surface area contributed by atoms with E-state index in [0.717, 1.165) is 60.4 Å². The number of benzene rings is 7. The topological polar surface area (TPSA) is 313 Å². The number of alkyl halides is 11. The molecule has 0 spiro atoms. The summed E-state index contributed by atoms with van der Waals surface area (Å²) in [6, 6.07) is 20.3. The number of aromatic nitrogens is 6. The standard InChI is InChI=1S/C35H32F8N4O4.C33H34F5N5O4.C31H23ClF4N4O3/c1-5-27(35(41,42)43)47(19-9-10-19)20-15-24(36)29(25(37)16-20)31(48)45-26(33(50)51-4)14-18-8-11-22(30-21(18)7-6-12-44-30)28-23(34(38,39)40)13-17(2)46(3)32(28)49;1-6-23-25(7-2)43(4)31(45)29(41-23)20-12-11-17(19-10-9-13-39-28(19)20)14-24(32(46)47-5)42-30(44)27-21(34)15-18(16-22(27)35)40-26(8-3)33(36,37)38;1-43-30(42)25(40-29(41)27-23(33)13-18(14-24(27)34)39-26-8-9-31(26,35)36)12-17-5-7-21(28-19(17)3-2-10-38-28)20-6-4-16(15-37)11-22(20)32/h6-8,11-13,15-16,19,26-27H,5,9-10,14H2,1-4H3,(H,45,48);9-13,15-16,24,26,40H,6-8,14H2,1-5H3,(H,42,44);2-7,10-11,13-14,25-26,39H,8-9,12H2,1H3,(H,40,41)/t26-,27+;24-,26+;25-,26-/m000/s1. The molecular weight excluding hydrogens is 1910 g/mol. The molecule has 5 aromatic heterocycles. The highest BCUT2D eigenvalue weighted by Crippen LogP contribution is 2.45. The molecule has 2 saturated carbocycles. The number of hydrogen-bond acceptors (Lipinski definition) is 19. The van der Waals surface area contributed by atoms with Crippen molar-refractivity contribution < 1.29 is 118 Å². The van der Waals surface area contributed by atoms with Gasteiger partial charge in [0.05, 0.1) is 72.4 Å². The lowest BCUT2D eigenvalue weighted by atomic mass is 9.87. The van der Waals surface area contributed by atoms with Gasteiger partial charge in [-0.15, -0.1) is 0 Å². The molecule has 2 aliphatic rings. The monoisotopic (exact) mass is 1990 g/mol. The molecule has 2 fully saturated rings. The van der Waals surface area contributed by atoms with E-state index < -0.39 is 195 Å². The van der Waals surface area contributed by atoms with Gasteiger partial charge in [0.2, 0.25) is 0 Å². The molecule has 141 heavy (non-hydrogen) atoms. The lowest BCUT2D eigenvalue weighted by Crippen LogP contribution is -2.49. The minimum absolute atomic E-state index is 0.0338. The highest BCUT2D eigenvalue weighted by molar-refractivity contribution is 6.34. The molecule has 742 valence electrons. The third kappa shape index (κ3) is 23.1. The first-order valence-corrected chi connectivity index (χ1v) is 44.2. The van der Waals surface area contributed by atoms with Crippen molar-refractivity contribution in [1.82, 2.24) is 45.0 Å². The van der Waals surface area contributed by atoms with E-state index in [1.807, 2.05) is 25.2 Å². The lowest BCUT2D eigenvalue weighted by molar-refractivity contribution is -0.150. The van der Waals surface area contributed by atoms with Crippen molar-refractivity contribution in [3.63, 3.8) is 0 Å². The zero-order valence-electron chi connectivity index (χ0n) is 76.6. The van der Waals surface area contributed by atoms with Crippen LogP contribution >= 0.6 is 11.6 Å². The summed E-state index contributed by atoms with van der Waals surface area (Å²) in [6.45, 7) is 7.78. The van der Waals surface area contributed by atoms with E-state index in [4.69, 9.17) is 31.1 Å². The van der Waals surface area contributed by atoms with Gasteiger partial charge in [0.25, 0.3) is 34.8 Å². The average Bonchev–Trinajstić information content (AvgIpc) is 0.775. The van der Waals surface area contributed by atoms with E-state index in [1.165, 1.54) is 70.5 Å². The summed E-state index contributed by atoms with van der Waals surface area (Å²) >= 11 is 6.44. The quantitative estimate of drug-likeness (QED) is 0.0165. The van der Waals surface area contributed by atoms with Crippen LogP contribution in [0.4, 0.5) is 91.7 Å². The predicted octanol–water partition coefficient (Wildman–Crippen LogP) is 19.1. The van der Waals surface area contributed by atoms with Crippen molar-refractivity contribution in [1.29, 1.82) is 5.26 Å². The fourth-order valence-electron chi connectivity index (χ4n) is 16.7. The number of carbonyl (C=O) groups excluding carboxylic acids is 6. The van der Waals surface area contributed by atoms with Crippen LogP contribution in [-0.4, -0.2) is 147 Å². The molecule has 3 amide bonds. The summed E-state index contributed by atoms with van der Waals surface area (Å²) in [4.78, 5) is 123. The van der Waals surface area contributed by atoms with Gasteiger partial charge in [-0.05, 0) is 141 Å². The first-order valence-electron chi connectivity index (χ1n) is 43.8. The van der Waals surface area contributed by atoms with Gasteiger partial charge >= 0.3 is 36.4 Å².